The predicted octanol–water partition coefficient (Wildman–Crippen LogP) is 1.10. The van der Waals surface area contributed by atoms with Crippen LogP contribution < -0.4 is 16.0 Å². The Morgan fingerprint density at radius 3 is 2.97 bits per heavy atom. The van der Waals surface area contributed by atoms with Crippen molar-refractivity contribution in [3.63, 3.8) is 0 Å². The highest BCUT2D eigenvalue weighted by molar-refractivity contribution is 6.05. The smallest absolute Gasteiger partial charge is 0.255 e. The average molecular weight is 405 g/mol. The first-order chi connectivity index (χ1) is 14.6. The molecule has 3 aliphatic heterocycles. The SMILES string of the molecule is O=C1CCC(N2Cc3c(CNc4cnc5c(c4)CNCC5)cccc3C2=O)C(=O)N1. The molecule has 3 amide bonds. The van der Waals surface area contributed by atoms with Gasteiger partial charge in [0.15, 0.2) is 0 Å². The van der Waals surface area contributed by atoms with Gasteiger partial charge in [-0.15, -0.1) is 0 Å². The van der Waals surface area contributed by atoms with E-state index in [0.29, 0.717) is 25.1 Å². The maximum atomic E-state index is 12.9. The number of nitrogens with zero attached hydrogens (tertiary/aromatic N) is 2. The first-order valence-electron chi connectivity index (χ1n) is 10.3. The zero-order valence-corrected chi connectivity index (χ0v) is 16.5. The molecule has 8 heteroatoms. The molecule has 0 spiro atoms. The van der Waals surface area contributed by atoms with E-state index in [1.54, 1.807) is 11.0 Å². The van der Waals surface area contributed by atoms with E-state index >= 15 is 0 Å². The number of hydrogen-bond donors (Lipinski definition) is 3. The molecule has 30 heavy (non-hydrogen) atoms. The summed E-state index contributed by atoms with van der Waals surface area (Å²) in [7, 11) is 0. The molecule has 1 unspecified atom stereocenters. The van der Waals surface area contributed by atoms with Crippen molar-refractivity contribution in [1.29, 1.82) is 0 Å². The number of pyridine rings is 1. The molecule has 0 bridgehead atoms. The lowest BCUT2D eigenvalue weighted by Crippen LogP contribution is -2.52. The van der Waals surface area contributed by atoms with Crippen molar-refractivity contribution in [2.24, 2.45) is 0 Å². The van der Waals surface area contributed by atoms with Gasteiger partial charge in [0.1, 0.15) is 6.04 Å². The molecule has 0 radical (unpaired) electrons. The van der Waals surface area contributed by atoms with Gasteiger partial charge < -0.3 is 15.5 Å². The third-order valence-corrected chi connectivity index (χ3v) is 6.08. The van der Waals surface area contributed by atoms with Crippen molar-refractivity contribution in [3.05, 3.63) is 58.4 Å². The van der Waals surface area contributed by atoms with Gasteiger partial charge in [0.2, 0.25) is 11.8 Å². The fraction of sp³-hybridized carbons (Fsp3) is 0.364. The molecule has 5 rings (SSSR count). The molecule has 2 aromatic rings. The van der Waals surface area contributed by atoms with E-state index < -0.39 is 6.04 Å². The van der Waals surface area contributed by atoms with Crippen molar-refractivity contribution < 1.29 is 14.4 Å². The van der Waals surface area contributed by atoms with Crippen molar-refractivity contribution in [2.75, 3.05) is 11.9 Å². The third-order valence-electron chi connectivity index (χ3n) is 6.08. The molecule has 1 fully saturated rings. The third kappa shape index (κ3) is 3.33. The number of amides is 3. The van der Waals surface area contributed by atoms with E-state index in [9.17, 15) is 14.4 Å². The summed E-state index contributed by atoms with van der Waals surface area (Å²) in [5.74, 6) is -0.817. The maximum Gasteiger partial charge on any atom is 0.255 e. The van der Waals surface area contributed by atoms with Crippen LogP contribution in [0, 0.1) is 0 Å². The van der Waals surface area contributed by atoms with Crippen LogP contribution in [0.2, 0.25) is 0 Å². The molecule has 3 aliphatic rings. The minimum absolute atomic E-state index is 0.150. The Hall–Kier alpha value is -3.26. The Kier molecular flexibility index (Phi) is 4.71. The van der Waals surface area contributed by atoms with Crippen molar-refractivity contribution in [2.45, 2.75) is 44.9 Å². The molecule has 1 aromatic carbocycles. The Morgan fingerprint density at radius 1 is 1.20 bits per heavy atom. The van der Waals surface area contributed by atoms with Gasteiger partial charge in [-0.1, -0.05) is 12.1 Å². The van der Waals surface area contributed by atoms with E-state index in [0.717, 1.165) is 42.0 Å². The summed E-state index contributed by atoms with van der Waals surface area (Å²) >= 11 is 0. The van der Waals surface area contributed by atoms with Crippen LogP contribution in [0.3, 0.4) is 0 Å². The molecule has 0 aliphatic carbocycles. The lowest BCUT2D eigenvalue weighted by molar-refractivity contribution is -0.136. The summed E-state index contributed by atoms with van der Waals surface area (Å²) in [5, 5.41) is 9.12. The molecule has 8 nitrogen and oxygen atoms in total. The van der Waals surface area contributed by atoms with Crippen molar-refractivity contribution in [3.8, 4) is 0 Å². The Labute approximate surface area is 174 Å². The average Bonchev–Trinajstić information content (AvgIpc) is 3.09. The number of carbonyl (C=O) groups is 3. The molecule has 3 N–H and O–H groups in total. The molecular formula is C22H23N5O3. The second kappa shape index (κ2) is 7.53. The van der Waals surface area contributed by atoms with Crippen molar-refractivity contribution >= 4 is 23.4 Å². The highest BCUT2D eigenvalue weighted by Crippen LogP contribution is 2.30. The van der Waals surface area contributed by atoms with Gasteiger partial charge in [0.25, 0.3) is 5.91 Å². The number of carbonyl (C=O) groups excluding carboxylic acids is 3. The maximum absolute atomic E-state index is 12.9. The Bertz CT molecular complexity index is 1050. The monoisotopic (exact) mass is 405 g/mol. The first kappa shape index (κ1) is 18.7. The van der Waals surface area contributed by atoms with Crippen LogP contribution >= 0.6 is 0 Å². The molecule has 154 valence electrons. The van der Waals surface area contributed by atoms with Gasteiger partial charge in [0, 0.05) is 50.3 Å². The lowest BCUT2D eigenvalue weighted by atomic mass is 10.0. The van der Waals surface area contributed by atoms with E-state index in [2.05, 4.69) is 27.0 Å². The van der Waals surface area contributed by atoms with E-state index in [4.69, 9.17) is 0 Å². The number of hydrogen-bond acceptors (Lipinski definition) is 6. The lowest BCUT2D eigenvalue weighted by Gasteiger charge is -2.29. The molecule has 1 saturated heterocycles. The van der Waals surface area contributed by atoms with Gasteiger partial charge in [0.05, 0.1) is 11.9 Å². The number of fused-ring (bicyclic) bond motifs is 2. The standard InChI is InChI=1S/C22H23N5O3/c28-20-5-4-19(21(29)26-20)27-12-17-13(2-1-3-16(17)22(27)30)10-24-15-8-14-9-23-7-6-18(14)25-11-15/h1-3,8,11,19,23-24H,4-7,9-10,12H2,(H,26,28,29). The Morgan fingerprint density at radius 2 is 2.10 bits per heavy atom. The second-order valence-corrected chi connectivity index (χ2v) is 7.95. The zero-order chi connectivity index (χ0) is 20.7. The number of anilines is 1. The van der Waals surface area contributed by atoms with Crippen molar-refractivity contribution in [1.82, 2.24) is 20.5 Å². The first-order valence-corrected chi connectivity index (χ1v) is 10.3. The van der Waals surface area contributed by atoms with Crippen LogP contribution in [0.25, 0.3) is 0 Å². The summed E-state index contributed by atoms with van der Waals surface area (Å²) in [6.07, 6.45) is 3.42. The minimum Gasteiger partial charge on any atom is -0.380 e. The largest absolute Gasteiger partial charge is 0.380 e. The van der Waals surface area contributed by atoms with Crippen LogP contribution in [0.4, 0.5) is 5.69 Å². The van der Waals surface area contributed by atoms with Crippen LogP contribution in [-0.4, -0.2) is 40.2 Å². The number of imide groups is 1. The molecule has 4 heterocycles. The summed E-state index contributed by atoms with van der Waals surface area (Å²) in [5.41, 5.74) is 5.89. The van der Waals surface area contributed by atoms with Gasteiger partial charge in [-0.2, -0.15) is 0 Å². The van der Waals surface area contributed by atoms with Crippen LogP contribution in [-0.2, 0) is 35.6 Å². The van der Waals surface area contributed by atoms with Gasteiger partial charge >= 0.3 is 0 Å². The second-order valence-electron chi connectivity index (χ2n) is 7.95. The minimum atomic E-state index is -0.597. The predicted molar refractivity (Wildman–Crippen MR) is 109 cm³/mol. The van der Waals surface area contributed by atoms with Crippen LogP contribution in [0.1, 0.15) is 45.6 Å². The summed E-state index contributed by atoms with van der Waals surface area (Å²) < 4.78 is 0. The highest BCUT2D eigenvalue weighted by Gasteiger charge is 2.39. The van der Waals surface area contributed by atoms with Crippen LogP contribution in [0.15, 0.2) is 30.5 Å². The van der Waals surface area contributed by atoms with Gasteiger partial charge in [-0.25, -0.2) is 0 Å². The number of piperidine rings is 1. The zero-order valence-electron chi connectivity index (χ0n) is 16.5. The number of nitrogens with one attached hydrogen (secondary N) is 3. The van der Waals surface area contributed by atoms with E-state index in [-0.39, 0.29) is 24.1 Å². The van der Waals surface area contributed by atoms with E-state index in [1.807, 2.05) is 18.3 Å². The number of rotatable bonds is 4. The number of benzene rings is 1. The van der Waals surface area contributed by atoms with Gasteiger partial charge in [-0.05, 0) is 35.2 Å². The normalized spacial score (nSPS) is 20.6. The topological polar surface area (TPSA) is 103 Å². The number of aromatic nitrogens is 1. The van der Waals surface area contributed by atoms with E-state index in [1.165, 1.54) is 5.56 Å². The van der Waals surface area contributed by atoms with Crippen LogP contribution in [0.5, 0.6) is 0 Å². The molecule has 1 aromatic heterocycles. The van der Waals surface area contributed by atoms with Gasteiger partial charge in [-0.3, -0.25) is 24.7 Å². The molecule has 0 saturated carbocycles. The fourth-order valence-corrected chi connectivity index (χ4v) is 4.46. The molecular weight excluding hydrogens is 382 g/mol. The summed E-state index contributed by atoms with van der Waals surface area (Å²) in [4.78, 5) is 42.8. The summed E-state index contributed by atoms with van der Waals surface area (Å²) in [6.45, 7) is 2.73. The molecule has 1 atom stereocenters. The quantitative estimate of drug-likeness (QED) is 0.659. The fourth-order valence-electron chi connectivity index (χ4n) is 4.46. The Balaban J connectivity index is 1.33. The summed E-state index contributed by atoms with van der Waals surface area (Å²) in [6, 6.07) is 7.20. The highest BCUT2D eigenvalue weighted by atomic mass is 16.2.